The van der Waals surface area contributed by atoms with E-state index in [-0.39, 0.29) is 0 Å². The molecule has 36 heavy (non-hydrogen) atoms. The van der Waals surface area contributed by atoms with Gasteiger partial charge in [-0.2, -0.15) is 0 Å². The largest absolute Gasteiger partial charge is 0.0622 e. The molecular formula is C36H48. The molecule has 0 aliphatic heterocycles. The van der Waals surface area contributed by atoms with Crippen molar-refractivity contribution >= 4 is 0 Å². The van der Waals surface area contributed by atoms with E-state index in [4.69, 9.17) is 0 Å². The van der Waals surface area contributed by atoms with Crippen molar-refractivity contribution in [3.63, 3.8) is 0 Å². The SMILES string of the molecule is CC(C)c1ccccc1.CC(C)c1ccccc1.CC(C)c1ccccc1.CC(C)c1ccccc1. The van der Waals surface area contributed by atoms with Crippen LogP contribution in [-0.4, -0.2) is 0 Å². The van der Waals surface area contributed by atoms with Gasteiger partial charge < -0.3 is 0 Å². The van der Waals surface area contributed by atoms with Gasteiger partial charge in [0.25, 0.3) is 0 Å². The molecule has 0 unspecified atom stereocenters. The van der Waals surface area contributed by atoms with Gasteiger partial charge in [0.1, 0.15) is 0 Å². The molecule has 0 aliphatic carbocycles. The minimum Gasteiger partial charge on any atom is -0.0622 e. The van der Waals surface area contributed by atoms with Crippen LogP contribution in [0.15, 0.2) is 121 Å². The van der Waals surface area contributed by atoms with E-state index in [1.165, 1.54) is 22.3 Å². The summed E-state index contributed by atoms with van der Waals surface area (Å²) in [4.78, 5) is 0. The molecule has 4 rings (SSSR count). The third-order valence-corrected chi connectivity index (χ3v) is 5.86. The molecule has 0 aliphatic rings. The Morgan fingerprint density at radius 3 is 0.472 bits per heavy atom. The zero-order valence-electron chi connectivity index (χ0n) is 23.9. The van der Waals surface area contributed by atoms with Crippen molar-refractivity contribution < 1.29 is 0 Å². The molecule has 0 amide bonds. The first kappa shape index (κ1) is 30.9. The fourth-order valence-electron chi connectivity index (χ4n) is 3.35. The Hall–Kier alpha value is -3.12. The lowest BCUT2D eigenvalue weighted by Gasteiger charge is -2.01. The van der Waals surface area contributed by atoms with Crippen LogP contribution in [0.2, 0.25) is 0 Å². The Kier molecular flexibility index (Phi) is 15.6. The highest BCUT2D eigenvalue weighted by Crippen LogP contribution is 2.13. The van der Waals surface area contributed by atoms with E-state index < -0.39 is 0 Å². The molecule has 0 saturated heterocycles. The summed E-state index contributed by atoms with van der Waals surface area (Å²) in [6, 6.07) is 42.1. The average Bonchev–Trinajstić information content (AvgIpc) is 2.92. The molecule has 0 atom stereocenters. The highest BCUT2D eigenvalue weighted by molar-refractivity contribution is 5.19. The molecule has 0 nitrogen and oxygen atoms in total. The van der Waals surface area contributed by atoms with Crippen molar-refractivity contribution in [3.05, 3.63) is 144 Å². The summed E-state index contributed by atoms with van der Waals surface area (Å²) in [6.07, 6.45) is 0. The summed E-state index contributed by atoms with van der Waals surface area (Å²) in [5.74, 6) is 2.63. The maximum absolute atomic E-state index is 2.20. The van der Waals surface area contributed by atoms with Crippen LogP contribution in [0.1, 0.15) is 101 Å². The van der Waals surface area contributed by atoms with Gasteiger partial charge in [-0.3, -0.25) is 0 Å². The van der Waals surface area contributed by atoms with E-state index in [0.29, 0.717) is 23.7 Å². The maximum atomic E-state index is 2.20. The second kappa shape index (κ2) is 18.2. The summed E-state index contributed by atoms with van der Waals surface area (Å²) in [5.41, 5.74) is 5.66. The summed E-state index contributed by atoms with van der Waals surface area (Å²) in [7, 11) is 0. The van der Waals surface area contributed by atoms with E-state index in [1.54, 1.807) is 0 Å². The monoisotopic (exact) mass is 480 g/mol. The second-order valence-electron chi connectivity index (χ2n) is 10.3. The summed E-state index contributed by atoms with van der Waals surface area (Å²) >= 11 is 0. The van der Waals surface area contributed by atoms with Gasteiger partial charge in [-0.15, -0.1) is 0 Å². The lowest BCUT2D eigenvalue weighted by molar-refractivity contribution is 0.867. The number of rotatable bonds is 4. The van der Waals surface area contributed by atoms with Crippen LogP contribution >= 0.6 is 0 Å². The topological polar surface area (TPSA) is 0 Å². The first-order valence-electron chi connectivity index (χ1n) is 13.4. The maximum Gasteiger partial charge on any atom is -0.0219 e. The molecule has 0 heterocycles. The van der Waals surface area contributed by atoms with Gasteiger partial charge in [0.2, 0.25) is 0 Å². The molecule has 192 valence electrons. The standard InChI is InChI=1S/4C9H12/c4*1-8(2)9-6-4-3-5-7-9/h4*3-8H,1-2H3. The average molecular weight is 481 g/mol. The third kappa shape index (κ3) is 13.7. The van der Waals surface area contributed by atoms with Crippen molar-refractivity contribution in [2.45, 2.75) is 79.1 Å². The van der Waals surface area contributed by atoms with E-state index in [0.717, 1.165) is 0 Å². The predicted molar refractivity (Wildman–Crippen MR) is 162 cm³/mol. The number of hydrogen-bond acceptors (Lipinski definition) is 0. The highest BCUT2D eigenvalue weighted by Gasteiger charge is 1.95. The van der Waals surface area contributed by atoms with Gasteiger partial charge in [0.05, 0.1) is 0 Å². The lowest BCUT2D eigenvalue weighted by atomic mass is 10.0. The Morgan fingerprint density at radius 2 is 0.389 bits per heavy atom. The lowest BCUT2D eigenvalue weighted by Crippen LogP contribution is -1.83. The molecule has 0 radical (unpaired) electrons. The van der Waals surface area contributed by atoms with Gasteiger partial charge in [-0.25, -0.2) is 0 Å². The molecule has 4 aromatic rings. The molecule has 4 aromatic carbocycles. The molecule has 0 N–H and O–H groups in total. The van der Waals surface area contributed by atoms with Gasteiger partial charge in [-0.1, -0.05) is 177 Å². The Balaban J connectivity index is 0.000000240. The van der Waals surface area contributed by atoms with Gasteiger partial charge in [-0.05, 0) is 45.9 Å². The van der Waals surface area contributed by atoms with Crippen molar-refractivity contribution in [1.29, 1.82) is 0 Å². The van der Waals surface area contributed by atoms with Crippen molar-refractivity contribution in [2.75, 3.05) is 0 Å². The van der Waals surface area contributed by atoms with Crippen molar-refractivity contribution in [2.24, 2.45) is 0 Å². The molecule has 0 bridgehead atoms. The third-order valence-electron chi connectivity index (χ3n) is 5.86. The number of benzene rings is 4. The second-order valence-corrected chi connectivity index (χ2v) is 10.3. The Labute approximate surface area is 222 Å². The zero-order chi connectivity index (χ0) is 26.8. The van der Waals surface area contributed by atoms with E-state index >= 15 is 0 Å². The molecule has 0 saturated carbocycles. The highest BCUT2D eigenvalue weighted by atomic mass is 14.0. The zero-order valence-corrected chi connectivity index (χ0v) is 23.9. The number of hydrogen-bond donors (Lipinski definition) is 0. The van der Waals surface area contributed by atoms with Crippen LogP contribution in [0, 0.1) is 0 Å². The van der Waals surface area contributed by atoms with Gasteiger partial charge in [0, 0.05) is 0 Å². The van der Waals surface area contributed by atoms with Gasteiger partial charge >= 0.3 is 0 Å². The fourth-order valence-corrected chi connectivity index (χ4v) is 3.35. The molecule has 0 spiro atoms. The van der Waals surface area contributed by atoms with E-state index in [1.807, 2.05) is 24.3 Å². The summed E-state index contributed by atoms with van der Waals surface area (Å²) in [6.45, 7) is 17.6. The van der Waals surface area contributed by atoms with Crippen molar-refractivity contribution in [3.8, 4) is 0 Å². The smallest absolute Gasteiger partial charge is 0.0219 e. The summed E-state index contributed by atoms with van der Waals surface area (Å²) in [5, 5.41) is 0. The van der Waals surface area contributed by atoms with E-state index in [2.05, 4.69) is 152 Å². The molecular weight excluding hydrogens is 432 g/mol. The normalized spacial score (nSPS) is 10.1. The van der Waals surface area contributed by atoms with E-state index in [9.17, 15) is 0 Å². The first-order valence-corrected chi connectivity index (χ1v) is 13.4. The fraction of sp³-hybridized carbons (Fsp3) is 0.333. The first-order chi connectivity index (χ1) is 17.2. The van der Waals surface area contributed by atoms with Crippen LogP contribution in [0.25, 0.3) is 0 Å². The van der Waals surface area contributed by atoms with Crippen LogP contribution in [0.4, 0.5) is 0 Å². The minimum atomic E-state index is 0.659. The Morgan fingerprint density at radius 1 is 0.250 bits per heavy atom. The predicted octanol–water partition coefficient (Wildman–Crippen LogP) is 11.2. The molecule has 0 aromatic heterocycles. The Bertz CT molecular complexity index is 825. The summed E-state index contributed by atoms with van der Waals surface area (Å²) < 4.78 is 0. The van der Waals surface area contributed by atoms with Crippen molar-refractivity contribution in [1.82, 2.24) is 0 Å². The van der Waals surface area contributed by atoms with Crippen LogP contribution < -0.4 is 0 Å². The van der Waals surface area contributed by atoms with Crippen LogP contribution in [0.3, 0.4) is 0 Å². The molecule has 0 heteroatoms. The minimum absolute atomic E-state index is 0.659. The van der Waals surface area contributed by atoms with Crippen LogP contribution in [0.5, 0.6) is 0 Å². The van der Waals surface area contributed by atoms with Gasteiger partial charge in [0.15, 0.2) is 0 Å². The molecule has 0 fully saturated rings. The van der Waals surface area contributed by atoms with Crippen LogP contribution in [-0.2, 0) is 0 Å². The quantitative estimate of drug-likeness (QED) is 0.272.